The van der Waals surface area contributed by atoms with Crippen molar-refractivity contribution >= 4 is 11.8 Å². The highest BCUT2D eigenvalue weighted by Crippen LogP contribution is 2.24. The Morgan fingerprint density at radius 2 is 2.21 bits per heavy atom. The number of carboxylic acid groups (broad SMARTS) is 1. The molecule has 0 saturated carbocycles. The third-order valence-electron chi connectivity index (χ3n) is 3.45. The van der Waals surface area contributed by atoms with Gasteiger partial charge in [-0.3, -0.25) is 9.79 Å². The van der Waals surface area contributed by atoms with E-state index in [1.807, 2.05) is 0 Å². The van der Waals surface area contributed by atoms with Gasteiger partial charge in [0.2, 0.25) is 0 Å². The van der Waals surface area contributed by atoms with Gasteiger partial charge in [-0.1, -0.05) is 6.42 Å². The number of carbonyl (C=O) groups is 1. The Bertz CT molecular complexity index is 320. The molecule has 5 N–H and O–H groups in total. The minimum absolute atomic E-state index is 0.0109. The summed E-state index contributed by atoms with van der Waals surface area (Å²) in [6.07, 6.45) is 3.79. The average Bonchev–Trinajstić information content (AvgIpc) is 2.52. The molecule has 6 nitrogen and oxygen atoms in total. The zero-order valence-electron chi connectivity index (χ0n) is 11.2. The summed E-state index contributed by atoms with van der Waals surface area (Å²) in [6.45, 7) is -0.341. The average molecular weight is 272 g/mol. The number of rotatable bonds is 7. The fourth-order valence-electron chi connectivity index (χ4n) is 2.57. The van der Waals surface area contributed by atoms with Crippen LogP contribution >= 0.6 is 0 Å². The topological polar surface area (TPSA) is 116 Å². The van der Waals surface area contributed by atoms with E-state index in [4.69, 9.17) is 15.9 Å². The molecule has 3 unspecified atom stereocenters. The van der Waals surface area contributed by atoms with E-state index in [0.29, 0.717) is 12.3 Å². The summed E-state index contributed by atoms with van der Waals surface area (Å²) in [4.78, 5) is 15.3. The van der Waals surface area contributed by atoms with Crippen molar-refractivity contribution in [2.24, 2.45) is 16.6 Å². The number of amidine groups is 1. The van der Waals surface area contributed by atoms with Crippen LogP contribution in [-0.2, 0) is 4.79 Å². The SMILES string of the molecule is NC1=NC(CC(CC(=O)O)CC(O)CO)CCCC1. The molecule has 0 spiro atoms. The van der Waals surface area contributed by atoms with Crippen LogP contribution in [-0.4, -0.2) is 45.9 Å². The number of aliphatic hydroxyl groups excluding tert-OH is 2. The highest BCUT2D eigenvalue weighted by molar-refractivity contribution is 5.80. The molecule has 0 aliphatic carbocycles. The Labute approximate surface area is 113 Å². The molecule has 0 saturated heterocycles. The number of nitrogens with two attached hydrogens (primary N) is 1. The van der Waals surface area contributed by atoms with E-state index in [9.17, 15) is 9.90 Å². The quantitative estimate of drug-likeness (QED) is 0.539. The zero-order chi connectivity index (χ0) is 14.3. The molecule has 0 aromatic carbocycles. The van der Waals surface area contributed by atoms with E-state index in [2.05, 4.69) is 4.99 Å². The third kappa shape index (κ3) is 6.54. The fourth-order valence-corrected chi connectivity index (χ4v) is 2.57. The Morgan fingerprint density at radius 3 is 2.84 bits per heavy atom. The maximum atomic E-state index is 10.8. The molecule has 1 aliphatic heterocycles. The highest BCUT2D eigenvalue weighted by atomic mass is 16.4. The van der Waals surface area contributed by atoms with Crippen molar-refractivity contribution in [2.75, 3.05) is 6.61 Å². The lowest BCUT2D eigenvalue weighted by Gasteiger charge is -2.21. The van der Waals surface area contributed by atoms with Gasteiger partial charge in [0, 0.05) is 12.8 Å². The van der Waals surface area contributed by atoms with Crippen LogP contribution in [0.4, 0.5) is 0 Å². The third-order valence-corrected chi connectivity index (χ3v) is 3.45. The first-order valence-corrected chi connectivity index (χ1v) is 6.84. The zero-order valence-corrected chi connectivity index (χ0v) is 11.2. The first-order valence-electron chi connectivity index (χ1n) is 6.84. The molecule has 19 heavy (non-hydrogen) atoms. The van der Waals surface area contributed by atoms with Crippen LogP contribution in [0.15, 0.2) is 4.99 Å². The van der Waals surface area contributed by atoms with E-state index in [-0.39, 0.29) is 31.4 Å². The molecule has 1 heterocycles. The van der Waals surface area contributed by atoms with E-state index in [1.54, 1.807) is 0 Å². The molecule has 0 radical (unpaired) electrons. The predicted octanol–water partition coefficient (Wildman–Crippen LogP) is 0.510. The van der Waals surface area contributed by atoms with E-state index in [1.165, 1.54) is 0 Å². The van der Waals surface area contributed by atoms with Crippen LogP contribution in [0.3, 0.4) is 0 Å². The number of aliphatic hydroxyl groups is 2. The molecular weight excluding hydrogens is 248 g/mol. The summed E-state index contributed by atoms with van der Waals surface area (Å²) < 4.78 is 0. The van der Waals surface area contributed by atoms with Gasteiger partial charge < -0.3 is 21.1 Å². The molecule has 0 amide bonds. The second-order valence-electron chi connectivity index (χ2n) is 5.29. The van der Waals surface area contributed by atoms with Gasteiger partial charge >= 0.3 is 5.97 Å². The summed E-state index contributed by atoms with van der Waals surface area (Å²) in [7, 11) is 0. The first kappa shape index (κ1) is 15.9. The normalized spacial score (nSPS) is 23.3. The minimum atomic E-state index is -0.888. The predicted molar refractivity (Wildman–Crippen MR) is 71.9 cm³/mol. The molecule has 6 heteroatoms. The molecule has 0 bridgehead atoms. The minimum Gasteiger partial charge on any atom is -0.481 e. The molecular formula is C13H24N2O4. The number of hydrogen-bond acceptors (Lipinski definition) is 5. The molecule has 1 rings (SSSR count). The Morgan fingerprint density at radius 1 is 1.47 bits per heavy atom. The summed E-state index contributed by atoms with van der Waals surface area (Å²) in [5.74, 6) is -0.431. The lowest BCUT2D eigenvalue weighted by atomic mass is 9.89. The van der Waals surface area contributed by atoms with Gasteiger partial charge in [0.1, 0.15) is 0 Å². The Balaban J connectivity index is 2.59. The van der Waals surface area contributed by atoms with Crippen molar-refractivity contribution in [2.45, 2.75) is 57.1 Å². The summed E-state index contributed by atoms with van der Waals surface area (Å²) >= 11 is 0. The van der Waals surface area contributed by atoms with Crippen LogP contribution in [0.2, 0.25) is 0 Å². The van der Waals surface area contributed by atoms with Crippen molar-refractivity contribution in [1.82, 2.24) is 0 Å². The number of aliphatic carboxylic acids is 1. The number of hydrogen-bond donors (Lipinski definition) is 4. The van der Waals surface area contributed by atoms with Gasteiger partial charge in [-0.2, -0.15) is 0 Å². The second-order valence-corrected chi connectivity index (χ2v) is 5.29. The van der Waals surface area contributed by atoms with Crippen LogP contribution < -0.4 is 5.73 Å². The van der Waals surface area contributed by atoms with Gasteiger partial charge in [0.05, 0.1) is 24.6 Å². The molecule has 110 valence electrons. The fraction of sp³-hybridized carbons (Fsp3) is 0.846. The van der Waals surface area contributed by atoms with Crippen molar-refractivity contribution in [3.8, 4) is 0 Å². The number of nitrogens with zero attached hydrogens (tertiary/aromatic N) is 1. The van der Waals surface area contributed by atoms with Gasteiger partial charge in [0.15, 0.2) is 0 Å². The lowest BCUT2D eigenvalue weighted by Crippen LogP contribution is -2.23. The van der Waals surface area contributed by atoms with Gasteiger partial charge in [-0.25, -0.2) is 0 Å². The molecule has 1 aliphatic rings. The molecule has 0 aromatic rings. The van der Waals surface area contributed by atoms with Gasteiger partial charge in [-0.05, 0) is 31.6 Å². The van der Waals surface area contributed by atoms with Crippen LogP contribution in [0.5, 0.6) is 0 Å². The second kappa shape index (κ2) is 8.12. The first-order chi connectivity index (χ1) is 9.01. The smallest absolute Gasteiger partial charge is 0.303 e. The maximum Gasteiger partial charge on any atom is 0.303 e. The van der Waals surface area contributed by atoms with E-state index in [0.717, 1.165) is 25.7 Å². The van der Waals surface area contributed by atoms with Crippen molar-refractivity contribution in [1.29, 1.82) is 0 Å². The molecule has 3 atom stereocenters. The van der Waals surface area contributed by atoms with Gasteiger partial charge in [-0.15, -0.1) is 0 Å². The van der Waals surface area contributed by atoms with Crippen molar-refractivity contribution in [3.05, 3.63) is 0 Å². The Kier molecular flexibility index (Phi) is 6.80. The van der Waals surface area contributed by atoms with Crippen molar-refractivity contribution < 1.29 is 20.1 Å². The summed E-state index contributed by atoms with van der Waals surface area (Å²) in [5.41, 5.74) is 5.77. The molecule has 0 aromatic heterocycles. The van der Waals surface area contributed by atoms with Crippen LogP contribution in [0, 0.1) is 5.92 Å². The summed E-state index contributed by atoms with van der Waals surface area (Å²) in [5, 5.41) is 27.2. The van der Waals surface area contributed by atoms with Crippen LogP contribution in [0.25, 0.3) is 0 Å². The Hall–Kier alpha value is -1.14. The number of aliphatic imine (C=N–C) groups is 1. The van der Waals surface area contributed by atoms with Crippen LogP contribution in [0.1, 0.15) is 44.9 Å². The van der Waals surface area contributed by atoms with E-state index < -0.39 is 12.1 Å². The molecule has 0 fully saturated rings. The lowest BCUT2D eigenvalue weighted by molar-refractivity contribution is -0.138. The monoisotopic (exact) mass is 272 g/mol. The van der Waals surface area contributed by atoms with Crippen molar-refractivity contribution in [3.63, 3.8) is 0 Å². The number of carboxylic acids is 1. The maximum absolute atomic E-state index is 10.8. The van der Waals surface area contributed by atoms with Gasteiger partial charge in [0.25, 0.3) is 0 Å². The standard InChI is InChI=1S/C13H24N2O4/c14-12-4-2-1-3-10(15-12)5-9(7-13(18)19)6-11(17)8-16/h9-11,16-17H,1-8H2,(H2,14,15)(H,18,19). The van der Waals surface area contributed by atoms with E-state index >= 15 is 0 Å². The summed E-state index contributed by atoms with van der Waals surface area (Å²) in [6, 6.07) is 0.0396. The highest BCUT2D eigenvalue weighted by Gasteiger charge is 2.22. The largest absolute Gasteiger partial charge is 0.481 e.